The average molecular weight is 397 g/mol. The number of hydrogen-bond acceptors (Lipinski definition) is 7. The highest BCUT2D eigenvalue weighted by atomic mass is 32.2. The Balaban J connectivity index is 1.93. The first kappa shape index (κ1) is 18.6. The molecule has 2 heterocycles. The molecule has 0 unspecified atom stereocenters. The molecule has 2 aromatic carbocycles. The van der Waals surface area contributed by atoms with E-state index in [1.54, 1.807) is 4.90 Å². The van der Waals surface area contributed by atoms with E-state index < -0.39 is 23.6 Å². The van der Waals surface area contributed by atoms with E-state index in [0.29, 0.717) is 0 Å². The van der Waals surface area contributed by atoms with Crippen molar-refractivity contribution < 1.29 is 23.8 Å². The number of esters is 2. The van der Waals surface area contributed by atoms with E-state index in [-0.39, 0.29) is 11.3 Å². The van der Waals surface area contributed by atoms with Crippen LogP contribution in [0, 0.1) is 6.92 Å². The molecule has 0 fully saturated rings. The topological polar surface area (TPSA) is 65.1 Å². The summed E-state index contributed by atoms with van der Waals surface area (Å²) in [6.45, 7) is 1.98. The first-order chi connectivity index (χ1) is 13.5. The summed E-state index contributed by atoms with van der Waals surface area (Å²) in [5.74, 6) is -1.23. The number of para-hydroxylation sites is 1. The third-order valence-electron chi connectivity index (χ3n) is 4.74. The maximum atomic E-state index is 12.8. The fourth-order valence-corrected chi connectivity index (χ4v) is 4.54. The van der Waals surface area contributed by atoms with Gasteiger partial charge >= 0.3 is 11.9 Å². The third kappa shape index (κ3) is 2.96. The number of thioether (sulfide) groups is 1. The lowest BCUT2D eigenvalue weighted by atomic mass is 9.96. The van der Waals surface area contributed by atoms with Gasteiger partial charge in [0.2, 0.25) is 0 Å². The Morgan fingerprint density at radius 3 is 2.36 bits per heavy atom. The molecule has 0 N–H and O–H groups in total. The molecule has 0 amide bonds. The van der Waals surface area contributed by atoms with Crippen molar-refractivity contribution in [2.24, 2.45) is 0 Å². The van der Waals surface area contributed by atoms with Crippen LogP contribution >= 0.6 is 11.8 Å². The summed E-state index contributed by atoms with van der Waals surface area (Å²) in [6.07, 6.45) is -0.745. The second-order valence-corrected chi connectivity index (χ2v) is 7.51. The maximum absolute atomic E-state index is 12.8. The fourth-order valence-electron chi connectivity index (χ4n) is 3.39. The van der Waals surface area contributed by atoms with Crippen molar-refractivity contribution in [1.82, 2.24) is 0 Å². The molecule has 2 aromatic rings. The second-order valence-electron chi connectivity index (χ2n) is 6.43. The summed E-state index contributed by atoms with van der Waals surface area (Å²) < 4.78 is 16.3. The Labute approximate surface area is 167 Å². The number of carbonyl (C=O) groups excluding carboxylic acids is 2. The number of methoxy groups -OCH3 is 2. The number of ether oxygens (including phenoxy) is 3. The Hall–Kier alpha value is -2.77. The van der Waals surface area contributed by atoms with Gasteiger partial charge in [0.25, 0.3) is 0 Å². The molecule has 0 saturated heterocycles. The molecule has 7 heteroatoms. The van der Waals surface area contributed by atoms with Gasteiger partial charge in [-0.2, -0.15) is 0 Å². The van der Waals surface area contributed by atoms with Crippen molar-refractivity contribution in [3.63, 3.8) is 0 Å². The maximum Gasteiger partial charge on any atom is 0.355 e. The van der Waals surface area contributed by atoms with Gasteiger partial charge in [-0.3, -0.25) is 4.90 Å². The van der Waals surface area contributed by atoms with Crippen LogP contribution in [-0.4, -0.2) is 31.7 Å². The third-order valence-corrected chi connectivity index (χ3v) is 5.86. The van der Waals surface area contributed by atoms with Gasteiger partial charge in [-0.05, 0) is 24.6 Å². The number of aryl methyl sites for hydroxylation is 1. The highest BCUT2D eigenvalue weighted by Crippen LogP contribution is 2.52. The number of anilines is 1. The van der Waals surface area contributed by atoms with Crippen LogP contribution in [0.25, 0.3) is 0 Å². The zero-order valence-corrected chi connectivity index (χ0v) is 16.5. The predicted molar refractivity (Wildman–Crippen MR) is 105 cm³/mol. The summed E-state index contributed by atoms with van der Waals surface area (Å²) in [5.41, 5.74) is 2.43. The molecule has 144 valence electrons. The van der Waals surface area contributed by atoms with Crippen molar-refractivity contribution in [3.8, 4) is 0 Å². The van der Waals surface area contributed by atoms with Crippen molar-refractivity contribution in [2.45, 2.75) is 23.5 Å². The molecule has 0 bridgehead atoms. The number of carbonyl (C=O) groups is 2. The van der Waals surface area contributed by atoms with E-state index in [9.17, 15) is 9.59 Å². The summed E-state index contributed by atoms with van der Waals surface area (Å²) in [7, 11) is 2.58. The molecule has 6 nitrogen and oxygen atoms in total. The molecule has 0 radical (unpaired) electrons. The van der Waals surface area contributed by atoms with Crippen LogP contribution < -0.4 is 4.90 Å². The molecule has 0 aromatic heterocycles. The molecule has 0 aliphatic carbocycles. The fraction of sp³-hybridized carbons (Fsp3) is 0.238. The average Bonchev–Trinajstić information content (AvgIpc) is 3.10. The lowest BCUT2D eigenvalue weighted by Gasteiger charge is -2.37. The number of benzene rings is 2. The second kappa shape index (κ2) is 7.33. The first-order valence-electron chi connectivity index (χ1n) is 8.73. The predicted octanol–water partition coefficient (Wildman–Crippen LogP) is 3.56. The Kier molecular flexibility index (Phi) is 4.87. The molecule has 4 rings (SSSR count). The molecule has 0 saturated carbocycles. The van der Waals surface area contributed by atoms with E-state index in [0.717, 1.165) is 21.7 Å². The van der Waals surface area contributed by atoms with Gasteiger partial charge in [-0.1, -0.05) is 53.7 Å². The van der Waals surface area contributed by atoms with Gasteiger partial charge < -0.3 is 14.2 Å². The van der Waals surface area contributed by atoms with E-state index in [1.165, 1.54) is 26.0 Å². The zero-order valence-electron chi connectivity index (χ0n) is 15.7. The van der Waals surface area contributed by atoms with Crippen molar-refractivity contribution >= 4 is 29.4 Å². The lowest BCUT2D eigenvalue weighted by Crippen LogP contribution is -2.43. The SMILES string of the molecule is COC(=O)C1=C(C(=O)OC)N2c3ccccc3S[C@H]2O[C@@H]1c1ccc(C)cc1. The van der Waals surface area contributed by atoms with Crippen LogP contribution in [0.4, 0.5) is 5.69 Å². The largest absolute Gasteiger partial charge is 0.466 e. The Morgan fingerprint density at radius 2 is 1.68 bits per heavy atom. The molecule has 2 aliphatic heterocycles. The monoisotopic (exact) mass is 397 g/mol. The van der Waals surface area contributed by atoms with Crippen LogP contribution in [-0.2, 0) is 23.8 Å². The van der Waals surface area contributed by atoms with Gasteiger partial charge in [0, 0.05) is 4.90 Å². The summed E-state index contributed by atoms with van der Waals surface area (Å²) in [5, 5.41) is 0. The van der Waals surface area contributed by atoms with Crippen LogP contribution in [0.5, 0.6) is 0 Å². The zero-order chi connectivity index (χ0) is 19.8. The molecule has 28 heavy (non-hydrogen) atoms. The Morgan fingerprint density at radius 1 is 1.00 bits per heavy atom. The van der Waals surface area contributed by atoms with E-state index in [2.05, 4.69) is 0 Å². The number of hydrogen-bond donors (Lipinski definition) is 0. The minimum absolute atomic E-state index is 0.131. The standard InChI is InChI=1S/C21H19NO5S/c1-12-8-10-13(11-9-12)18-16(19(23)25-2)17(20(24)26-3)22-14-6-4-5-7-15(14)28-21(22)27-18/h4-11,18,21H,1-3H3/t18-,21-/m1/s1. The van der Waals surface area contributed by atoms with E-state index >= 15 is 0 Å². The lowest BCUT2D eigenvalue weighted by molar-refractivity contribution is -0.142. The Bertz CT molecular complexity index is 969. The molecular formula is C21H19NO5S. The quantitative estimate of drug-likeness (QED) is 0.734. The summed E-state index contributed by atoms with van der Waals surface area (Å²) in [4.78, 5) is 28.2. The smallest absolute Gasteiger partial charge is 0.355 e. The van der Waals surface area contributed by atoms with Crippen molar-refractivity contribution in [2.75, 3.05) is 19.1 Å². The van der Waals surface area contributed by atoms with Gasteiger partial charge in [-0.25, -0.2) is 9.59 Å². The van der Waals surface area contributed by atoms with Crippen LogP contribution in [0.3, 0.4) is 0 Å². The summed E-state index contributed by atoms with van der Waals surface area (Å²) >= 11 is 1.48. The molecule has 0 spiro atoms. The van der Waals surface area contributed by atoms with Crippen LogP contribution in [0.1, 0.15) is 17.2 Å². The molecule has 2 aliphatic rings. The first-order valence-corrected chi connectivity index (χ1v) is 9.61. The van der Waals surface area contributed by atoms with Gasteiger partial charge in [-0.15, -0.1) is 0 Å². The van der Waals surface area contributed by atoms with E-state index in [4.69, 9.17) is 14.2 Å². The van der Waals surface area contributed by atoms with Crippen molar-refractivity contribution in [1.29, 1.82) is 0 Å². The number of fused-ring (bicyclic) bond motifs is 3. The van der Waals surface area contributed by atoms with E-state index in [1.807, 2.05) is 55.5 Å². The molecule has 2 atom stereocenters. The number of nitrogens with zero attached hydrogens (tertiary/aromatic N) is 1. The summed E-state index contributed by atoms with van der Waals surface area (Å²) in [6, 6.07) is 15.3. The van der Waals surface area contributed by atoms with Crippen LogP contribution in [0.15, 0.2) is 64.7 Å². The van der Waals surface area contributed by atoms with Gasteiger partial charge in [0.1, 0.15) is 17.4 Å². The number of rotatable bonds is 3. The normalized spacial score (nSPS) is 20.5. The minimum Gasteiger partial charge on any atom is -0.466 e. The molecular weight excluding hydrogens is 378 g/mol. The van der Waals surface area contributed by atoms with Gasteiger partial charge in [0.15, 0.2) is 5.56 Å². The van der Waals surface area contributed by atoms with Crippen molar-refractivity contribution in [3.05, 3.63) is 70.9 Å². The highest BCUT2D eigenvalue weighted by Gasteiger charge is 2.47. The highest BCUT2D eigenvalue weighted by molar-refractivity contribution is 8.00. The minimum atomic E-state index is -0.745. The van der Waals surface area contributed by atoms with Gasteiger partial charge in [0.05, 0.1) is 19.9 Å². The van der Waals surface area contributed by atoms with Crippen LogP contribution in [0.2, 0.25) is 0 Å².